The second kappa shape index (κ2) is 2.44. The highest BCUT2D eigenvalue weighted by molar-refractivity contribution is 5.97. The van der Waals surface area contributed by atoms with Crippen LogP contribution in [0, 0.1) is 0 Å². The molecule has 1 rings (SSSR count). The number of hydrogen-bond acceptors (Lipinski definition) is 3. The molecule has 0 saturated heterocycles. The maximum Gasteiger partial charge on any atom is 0.211 e. The lowest BCUT2D eigenvalue weighted by molar-refractivity contribution is -0.133. The van der Waals surface area contributed by atoms with Gasteiger partial charge in [0.05, 0.1) is 6.26 Å². The number of carbonyl (C=O) groups is 2. The van der Waals surface area contributed by atoms with Gasteiger partial charge in [0.15, 0.2) is 12.1 Å². The number of aldehydes is 1. The van der Waals surface area contributed by atoms with E-state index in [1.165, 1.54) is 6.26 Å². The molecule has 0 spiro atoms. The Bertz CT molecular complexity index is 160. The molecular formula is C6H6O3. The summed E-state index contributed by atoms with van der Waals surface area (Å²) in [5.41, 5.74) is 0. The second-order valence-corrected chi connectivity index (χ2v) is 1.73. The van der Waals surface area contributed by atoms with E-state index in [9.17, 15) is 9.59 Å². The van der Waals surface area contributed by atoms with Gasteiger partial charge < -0.3 is 4.74 Å². The third-order valence-electron chi connectivity index (χ3n) is 1.08. The average Bonchev–Trinajstić information content (AvgIpc) is 1.89. The van der Waals surface area contributed by atoms with Crippen LogP contribution in [0.5, 0.6) is 0 Å². The normalized spacial score (nSPS) is 25.3. The largest absolute Gasteiger partial charge is 0.483 e. The van der Waals surface area contributed by atoms with Crippen molar-refractivity contribution in [3.05, 3.63) is 12.3 Å². The van der Waals surface area contributed by atoms with Crippen LogP contribution in [0.15, 0.2) is 12.3 Å². The lowest BCUT2D eigenvalue weighted by Gasteiger charge is -2.10. The molecule has 1 heterocycles. The highest BCUT2D eigenvalue weighted by Gasteiger charge is 2.18. The first kappa shape index (κ1) is 6.01. The topological polar surface area (TPSA) is 43.4 Å². The van der Waals surface area contributed by atoms with Crippen LogP contribution >= 0.6 is 0 Å². The van der Waals surface area contributed by atoms with Gasteiger partial charge in [0, 0.05) is 6.42 Å². The van der Waals surface area contributed by atoms with E-state index in [1.807, 2.05) is 0 Å². The molecule has 3 nitrogen and oxygen atoms in total. The number of hydrogen-bond donors (Lipinski definition) is 0. The van der Waals surface area contributed by atoms with Crippen LogP contribution in [0.25, 0.3) is 0 Å². The van der Waals surface area contributed by atoms with E-state index in [0.29, 0.717) is 12.7 Å². The minimum atomic E-state index is -0.852. The summed E-state index contributed by atoms with van der Waals surface area (Å²) < 4.78 is 4.64. The van der Waals surface area contributed by atoms with Crippen LogP contribution in [-0.2, 0) is 14.3 Å². The number of ether oxygens (including phenoxy) is 1. The maximum absolute atomic E-state index is 10.6. The van der Waals surface area contributed by atoms with Crippen molar-refractivity contribution in [1.82, 2.24) is 0 Å². The fourth-order valence-electron chi connectivity index (χ4n) is 0.604. The number of Topliss-reactive ketones (excluding diaryl/α,β-unsaturated/α-hetero) is 1. The Labute approximate surface area is 52.3 Å². The predicted octanol–water partition coefficient (Wildman–Crippen LogP) is 0.0570. The van der Waals surface area contributed by atoms with Crippen molar-refractivity contribution in [2.24, 2.45) is 0 Å². The average molecular weight is 126 g/mol. The third-order valence-corrected chi connectivity index (χ3v) is 1.08. The molecule has 48 valence electrons. The molecule has 0 aromatic heterocycles. The fraction of sp³-hybridized carbons (Fsp3) is 0.333. The molecule has 1 aliphatic rings. The van der Waals surface area contributed by atoms with Crippen molar-refractivity contribution in [2.45, 2.75) is 12.5 Å². The molecule has 0 aromatic carbocycles. The molecule has 0 N–H and O–H groups in total. The van der Waals surface area contributed by atoms with Gasteiger partial charge in [-0.3, -0.25) is 9.59 Å². The minimum absolute atomic E-state index is 0.174. The molecule has 3 heteroatoms. The number of carbonyl (C=O) groups excluding carboxylic acids is 2. The van der Waals surface area contributed by atoms with Crippen LogP contribution in [0.4, 0.5) is 0 Å². The molecule has 9 heavy (non-hydrogen) atoms. The summed E-state index contributed by atoms with van der Waals surface area (Å²) in [4.78, 5) is 20.6. The van der Waals surface area contributed by atoms with E-state index in [-0.39, 0.29) is 5.78 Å². The summed E-state index contributed by atoms with van der Waals surface area (Å²) >= 11 is 0. The fourth-order valence-corrected chi connectivity index (χ4v) is 0.604. The summed E-state index contributed by atoms with van der Waals surface area (Å²) in [5, 5.41) is 0. The van der Waals surface area contributed by atoms with Crippen LogP contribution in [0.2, 0.25) is 0 Å². The van der Waals surface area contributed by atoms with Gasteiger partial charge in [0.1, 0.15) is 0 Å². The smallest absolute Gasteiger partial charge is 0.211 e. The standard InChI is InChI=1S/C6H6O3/c7-4-6-5(8)2-1-3-9-6/h1,3-4,6H,2H2. The van der Waals surface area contributed by atoms with Gasteiger partial charge in [-0.25, -0.2) is 0 Å². The first-order valence-electron chi connectivity index (χ1n) is 2.63. The molecule has 0 aromatic rings. The zero-order valence-electron chi connectivity index (χ0n) is 4.74. The molecule has 0 radical (unpaired) electrons. The molecule has 1 atom stereocenters. The summed E-state index contributed by atoms with van der Waals surface area (Å²) in [6, 6.07) is 0. The molecule has 0 amide bonds. The first-order chi connectivity index (χ1) is 4.34. The Kier molecular flexibility index (Phi) is 1.63. The summed E-state index contributed by atoms with van der Waals surface area (Å²) in [6.07, 6.45) is 2.92. The van der Waals surface area contributed by atoms with Gasteiger partial charge in [0.2, 0.25) is 6.10 Å². The third kappa shape index (κ3) is 1.16. The van der Waals surface area contributed by atoms with Crippen molar-refractivity contribution in [2.75, 3.05) is 0 Å². The molecule has 1 aliphatic heterocycles. The van der Waals surface area contributed by atoms with Gasteiger partial charge >= 0.3 is 0 Å². The zero-order chi connectivity index (χ0) is 6.69. The van der Waals surface area contributed by atoms with Gasteiger partial charge in [-0.1, -0.05) is 0 Å². The molecule has 0 aliphatic carbocycles. The number of ketones is 1. The summed E-state index contributed by atoms with van der Waals surface area (Å²) in [7, 11) is 0. The van der Waals surface area contributed by atoms with Crippen molar-refractivity contribution < 1.29 is 14.3 Å². The number of allylic oxidation sites excluding steroid dienone is 1. The zero-order valence-corrected chi connectivity index (χ0v) is 4.74. The molecule has 0 saturated carbocycles. The lowest BCUT2D eigenvalue weighted by atomic mass is 10.1. The van der Waals surface area contributed by atoms with Crippen molar-refractivity contribution in [1.29, 1.82) is 0 Å². The Hall–Kier alpha value is -1.12. The van der Waals surface area contributed by atoms with E-state index in [2.05, 4.69) is 4.74 Å². The van der Waals surface area contributed by atoms with Crippen LogP contribution < -0.4 is 0 Å². The Morgan fingerprint density at radius 3 is 3.00 bits per heavy atom. The van der Waals surface area contributed by atoms with E-state index < -0.39 is 6.10 Å². The molecule has 0 fully saturated rings. The molecule has 0 bridgehead atoms. The Morgan fingerprint density at radius 1 is 1.78 bits per heavy atom. The Balaban J connectivity index is 2.63. The summed E-state index contributed by atoms with van der Waals surface area (Å²) in [6.45, 7) is 0. The van der Waals surface area contributed by atoms with Gasteiger partial charge in [-0.2, -0.15) is 0 Å². The SMILES string of the molecule is O=CC1OC=CCC1=O. The molecule has 1 unspecified atom stereocenters. The van der Waals surface area contributed by atoms with Crippen molar-refractivity contribution >= 4 is 12.1 Å². The quantitative estimate of drug-likeness (QED) is 0.368. The maximum atomic E-state index is 10.6. The second-order valence-electron chi connectivity index (χ2n) is 1.73. The molecular weight excluding hydrogens is 120 g/mol. The van der Waals surface area contributed by atoms with Gasteiger partial charge in [0.25, 0.3) is 0 Å². The highest BCUT2D eigenvalue weighted by Crippen LogP contribution is 2.02. The Morgan fingerprint density at radius 2 is 2.56 bits per heavy atom. The van der Waals surface area contributed by atoms with E-state index >= 15 is 0 Å². The van der Waals surface area contributed by atoms with E-state index in [4.69, 9.17) is 0 Å². The van der Waals surface area contributed by atoms with Crippen LogP contribution in [0.3, 0.4) is 0 Å². The van der Waals surface area contributed by atoms with Gasteiger partial charge in [-0.05, 0) is 6.08 Å². The van der Waals surface area contributed by atoms with Crippen molar-refractivity contribution in [3.8, 4) is 0 Å². The monoisotopic (exact) mass is 126 g/mol. The predicted molar refractivity (Wildman–Crippen MR) is 29.7 cm³/mol. The van der Waals surface area contributed by atoms with Crippen LogP contribution in [-0.4, -0.2) is 18.2 Å². The van der Waals surface area contributed by atoms with E-state index in [1.54, 1.807) is 6.08 Å². The highest BCUT2D eigenvalue weighted by atomic mass is 16.5. The van der Waals surface area contributed by atoms with E-state index in [0.717, 1.165) is 0 Å². The van der Waals surface area contributed by atoms with Gasteiger partial charge in [-0.15, -0.1) is 0 Å². The minimum Gasteiger partial charge on any atom is -0.483 e. The summed E-state index contributed by atoms with van der Waals surface area (Å²) in [5.74, 6) is -0.174. The lowest BCUT2D eigenvalue weighted by Crippen LogP contribution is -2.25. The van der Waals surface area contributed by atoms with Crippen molar-refractivity contribution in [3.63, 3.8) is 0 Å². The van der Waals surface area contributed by atoms with Crippen LogP contribution in [0.1, 0.15) is 6.42 Å². The first-order valence-corrected chi connectivity index (χ1v) is 2.63. The number of rotatable bonds is 1.